The van der Waals surface area contributed by atoms with E-state index in [1.807, 2.05) is 6.07 Å². The van der Waals surface area contributed by atoms with E-state index in [4.69, 9.17) is 0 Å². The quantitative estimate of drug-likeness (QED) is 0.437. The molecule has 0 aromatic heterocycles. The summed E-state index contributed by atoms with van der Waals surface area (Å²) in [5, 5.41) is 0. The lowest BCUT2D eigenvalue weighted by atomic mass is 10.1. The highest BCUT2D eigenvalue weighted by molar-refractivity contribution is 5.55. The van der Waals surface area contributed by atoms with Crippen molar-refractivity contribution in [1.82, 2.24) is 0 Å². The molecule has 0 radical (unpaired) electrons. The van der Waals surface area contributed by atoms with Crippen molar-refractivity contribution in [3.05, 3.63) is 35.9 Å². The van der Waals surface area contributed by atoms with Crippen molar-refractivity contribution >= 4 is 6.21 Å². The minimum absolute atomic E-state index is 0.0790. The summed E-state index contributed by atoms with van der Waals surface area (Å²) >= 11 is 0. The summed E-state index contributed by atoms with van der Waals surface area (Å²) in [5.41, 5.74) is 0.684. The third kappa shape index (κ3) is 3.59. The molecule has 1 aromatic rings. The molecule has 0 saturated heterocycles. The van der Waals surface area contributed by atoms with E-state index in [0.717, 1.165) is 25.7 Å². The maximum absolute atomic E-state index is 13.0. The van der Waals surface area contributed by atoms with Crippen LogP contribution in [-0.2, 0) is 6.54 Å². The van der Waals surface area contributed by atoms with Gasteiger partial charge < -0.3 is 0 Å². The predicted octanol–water partition coefficient (Wildman–Crippen LogP) is 3.98. The summed E-state index contributed by atoms with van der Waals surface area (Å²) in [6.45, 7) is -0.0964. The molecule has 4 heteroatoms. The molecule has 2 rings (SSSR count). The second kappa shape index (κ2) is 5.55. The predicted molar refractivity (Wildman–Crippen MR) is 64.5 cm³/mol. The Hall–Kier alpha value is -1.32. The molecule has 0 bridgehead atoms. The molecule has 0 amide bonds. The van der Waals surface area contributed by atoms with E-state index in [0.29, 0.717) is 10.1 Å². The van der Waals surface area contributed by atoms with Crippen molar-refractivity contribution in [2.75, 3.05) is 0 Å². The van der Waals surface area contributed by atoms with Crippen LogP contribution >= 0.6 is 0 Å². The Morgan fingerprint density at radius 1 is 1.11 bits per heavy atom. The lowest BCUT2D eigenvalue weighted by Gasteiger charge is -2.08. The second-order valence-electron chi connectivity index (χ2n) is 4.77. The van der Waals surface area contributed by atoms with Gasteiger partial charge in [-0.3, -0.25) is 0 Å². The Morgan fingerprint density at radius 2 is 1.72 bits per heavy atom. The van der Waals surface area contributed by atoms with Crippen LogP contribution in [0.2, 0.25) is 0 Å². The number of hydrogen-bond acceptors (Lipinski definition) is 0. The van der Waals surface area contributed by atoms with Gasteiger partial charge in [-0.25, -0.2) is 0 Å². The van der Waals surface area contributed by atoms with Gasteiger partial charge in [0.05, 0.1) is 0 Å². The Kier molecular flexibility index (Phi) is 4.04. The molecule has 1 aromatic carbocycles. The average Bonchev–Trinajstić information content (AvgIpc) is 2.81. The molecular weight excluding hydrogens is 239 g/mol. The van der Waals surface area contributed by atoms with Crippen LogP contribution in [0.3, 0.4) is 0 Å². The number of rotatable bonds is 3. The number of benzene rings is 1. The van der Waals surface area contributed by atoms with Crippen molar-refractivity contribution in [3.63, 3.8) is 0 Å². The second-order valence-corrected chi connectivity index (χ2v) is 4.77. The number of nitrogens with zero attached hydrogens (tertiary/aromatic N) is 1. The molecule has 1 nitrogen and oxygen atoms in total. The van der Waals surface area contributed by atoms with Crippen molar-refractivity contribution < 1.29 is 17.7 Å². The van der Waals surface area contributed by atoms with E-state index in [9.17, 15) is 13.2 Å². The Morgan fingerprint density at radius 3 is 2.28 bits per heavy atom. The molecule has 0 atom stereocenters. The Bertz CT molecular complexity index is 403. The fourth-order valence-corrected chi connectivity index (χ4v) is 2.37. The third-order valence-corrected chi connectivity index (χ3v) is 3.31. The zero-order valence-electron chi connectivity index (χ0n) is 10.2. The van der Waals surface area contributed by atoms with Crippen LogP contribution < -0.4 is 0 Å². The molecule has 0 spiro atoms. The topological polar surface area (TPSA) is 3.01 Å². The lowest BCUT2D eigenvalue weighted by molar-refractivity contribution is -0.722. The SMILES string of the molecule is FC(F)(F)/[N+](=C\C1CCCC1)Cc1ccccc1. The van der Waals surface area contributed by atoms with Gasteiger partial charge in [0.15, 0.2) is 12.8 Å². The molecule has 0 aliphatic heterocycles. The van der Waals surface area contributed by atoms with Gasteiger partial charge in [-0.2, -0.15) is 0 Å². The molecular formula is C14H17F3N+. The van der Waals surface area contributed by atoms with E-state index in [1.54, 1.807) is 24.3 Å². The van der Waals surface area contributed by atoms with E-state index in [2.05, 4.69) is 0 Å². The fraction of sp³-hybridized carbons (Fsp3) is 0.500. The molecule has 1 aliphatic carbocycles. The summed E-state index contributed by atoms with van der Waals surface area (Å²) in [7, 11) is 0. The molecule has 1 saturated carbocycles. The summed E-state index contributed by atoms with van der Waals surface area (Å²) in [6.07, 6.45) is 0.914. The molecule has 0 N–H and O–H groups in total. The summed E-state index contributed by atoms with van der Waals surface area (Å²) in [6, 6.07) is 8.78. The van der Waals surface area contributed by atoms with Gasteiger partial charge in [0.25, 0.3) is 0 Å². The summed E-state index contributed by atoms with van der Waals surface area (Å²) < 4.78 is 39.4. The van der Waals surface area contributed by atoms with Crippen molar-refractivity contribution in [1.29, 1.82) is 0 Å². The van der Waals surface area contributed by atoms with E-state index >= 15 is 0 Å². The number of halogens is 3. The molecule has 0 unspecified atom stereocenters. The van der Waals surface area contributed by atoms with Gasteiger partial charge in [-0.1, -0.05) is 43.2 Å². The highest BCUT2D eigenvalue weighted by Gasteiger charge is 2.43. The number of alkyl halides is 3. The van der Waals surface area contributed by atoms with Crippen LogP contribution in [0, 0.1) is 5.92 Å². The van der Waals surface area contributed by atoms with E-state index < -0.39 is 6.30 Å². The monoisotopic (exact) mass is 256 g/mol. The first kappa shape index (κ1) is 13.1. The van der Waals surface area contributed by atoms with Gasteiger partial charge >= 0.3 is 6.30 Å². The highest BCUT2D eigenvalue weighted by atomic mass is 19.4. The molecule has 1 aliphatic rings. The van der Waals surface area contributed by atoms with Crippen molar-refractivity contribution in [3.8, 4) is 0 Å². The molecule has 0 heterocycles. The Labute approximate surface area is 105 Å². The number of hydrogen-bond donors (Lipinski definition) is 0. The van der Waals surface area contributed by atoms with E-state index in [1.165, 1.54) is 6.21 Å². The zero-order chi connectivity index (χ0) is 13.0. The first-order valence-corrected chi connectivity index (χ1v) is 6.28. The first-order valence-electron chi connectivity index (χ1n) is 6.28. The summed E-state index contributed by atoms with van der Waals surface area (Å²) in [4.78, 5) is 0. The normalized spacial score (nSPS) is 18.3. The third-order valence-electron chi connectivity index (χ3n) is 3.31. The van der Waals surface area contributed by atoms with Gasteiger partial charge in [0.2, 0.25) is 0 Å². The van der Waals surface area contributed by atoms with Crippen LogP contribution in [0.1, 0.15) is 31.2 Å². The summed E-state index contributed by atoms with van der Waals surface area (Å²) in [5.74, 6) is 0.0790. The van der Waals surface area contributed by atoms with Crippen LogP contribution in [0.5, 0.6) is 0 Å². The highest BCUT2D eigenvalue weighted by Crippen LogP contribution is 2.25. The van der Waals surface area contributed by atoms with Gasteiger partial charge in [-0.05, 0) is 12.8 Å². The van der Waals surface area contributed by atoms with E-state index in [-0.39, 0.29) is 12.5 Å². The standard InChI is InChI=1S/C14H17F3N/c15-14(16,17)18(11-13-8-4-5-9-13)10-12-6-2-1-3-7-12/h1-3,6-7,11,13H,4-5,8-10H2/q+1/b18-11-. The zero-order valence-corrected chi connectivity index (χ0v) is 10.2. The first-order chi connectivity index (χ1) is 8.55. The van der Waals surface area contributed by atoms with Gasteiger partial charge in [0, 0.05) is 11.5 Å². The van der Waals surface area contributed by atoms with Crippen molar-refractivity contribution in [2.24, 2.45) is 5.92 Å². The minimum Gasteiger partial charge on any atom is -0.139 e. The maximum Gasteiger partial charge on any atom is 0.632 e. The van der Waals surface area contributed by atoms with Crippen LogP contribution in [-0.4, -0.2) is 17.1 Å². The molecule has 1 fully saturated rings. The van der Waals surface area contributed by atoms with Crippen LogP contribution in [0.15, 0.2) is 30.3 Å². The van der Waals surface area contributed by atoms with Crippen LogP contribution in [0.4, 0.5) is 13.2 Å². The van der Waals surface area contributed by atoms with Crippen molar-refractivity contribution in [2.45, 2.75) is 38.5 Å². The maximum atomic E-state index is 13.0. The Balaban J connectivity index is 2.15. The average molecular weight is 256 g/mol. The van der Waals surface area contributed by atoms with Gasteiger partial charge in [0.1, 0.15) is 0 Å². The molecule has 18 heavy (non-hydrogen) atoms. The van der Waals surface area contributed by atoms with Crippen LogP contribution in [0.25, 0.3) is 0 Å². The minimum atomic E-state index is -4.29. The smallest absolute Gasteiger partial charge is 0.139 e. The molecule has 98 valence electrons. The van der Waals surface area contributed by atoms with Gasteiger partial charge in [-0.15, -0.1) is 17.7 Å². The fourth-order valence-electron chi connectivity index (χ4n) is 2.37. The lowest BCUT2D eigenvalue weighted by Crippen LogP contribution is -2.31. The largest absolute Gasteiger partial charge is 0.632 e.